The highest BCUT2D eigenvalue weighted by molar-refractivity contribution is 5.88. The van der Waals surface area contributed by atoms with Gasteiger partial charge in [0.25, 0.3) is 5.69 Å². The molecule has 7 heteroatoms. The van der Waals surface area contributed by atoms with Crippen molar-refractivity contribution in [3.05, 3.63) is 52.8 Å². The van der Waals surface area contributed by atoms with E-state index in [0.717, 1.165) is 12.3 Å². The Morgan fingerprint density at radius 1 is 1.50 bits per heavy atom. The predicted molar refractivity (Wildman–Crippen MR) is 62.0 cm³/mol. The van der Waals surface area contributed by atoms with E-state index in [2.05, 4.69) is 11.3 Å². The zero-order valence-electron chi connectivity index (χ0n) is 9.53. The highest BCUT2D eigenvalue weighted by atomic mass is 16.6. The van der Waals surface area contributed by atoms with Crippen LogP contribution in [0.15, 0.2) is 37.1 Å². The zero-order valence-corrected chi connectivity index (χ0v) is 9.53. The molecule has 0 unspecified atom stereocenters. The van der Waals surface area contributed by atoms with Crippen molar-refractivity contribution in [3.8, 4) is 0 Å². The molecule has 0 aliphatic rings. The highest BCUT2D eigenvalue weighted by Crippen LogP contribution is 2.12. The van der Waals surface area contributed by atoms with Crippen molar-refractivity contribution in [2.24, 2.45) is 0 Å². The summed E-state index contributed by atoms with van der Waals surface area (Å²) in [7, 11) is 0. The van der Waals surface area contributed by atoms with Gasteiger partial charge in [-0.05, 0) is 6.07 Å². The number of carboxylic acids is 1. The fourth-order valence-electron chi connectivity index (χ4n) is 0.870. The summed E-state index contributed by atoms with van der Waals surface area (Å²) in [5.74, 6) is -1.50. The third-order valence-electron chi connectivity index (χ3n) is 1.55. The van der Waals surface area contributed by atoms with Crippen molar-refractivity contribution < 1.29 is 24.4 Å². The number of carbonyl (C=O) groups excluding carboxylic acids is 1. The molecule has 0 radical (unpaired) electrons. The molecule has 0 aliphatic carbocycles. The van der Waals surface area contributed by atoms with Gasteiger partial charge < -0.3 is 9.84 Å². The Balaban J connectivity index is 0.000000411. The van der Waals surface area contributed by atoms with Gasteiger partial charge in [-0.2, -0.15) is 0 Å². The monoisotopic (exact) mass is 253 g/mol. The van der Waals surface area contributed by atoms with Crippen LogP contribution in [0.5, 0.6) is 0 Å². The third-order valence-corrected chi connectivity index (χ3v) is 1.55. The summed E-state index contributed by atoms with van der Waals surface area (Å²) in [6.07, 6.45) is 1.10. The highest BCUT2D eigenvalue weighted by Gasteiger charge is 2.09. The van der Waals surface area contributed by atoms with Crippen molar-refractivity contribution in [2.75, 3.05) is 0 Å². The Labute approximate surface area is 102 Å². The number of esters is 1. The van der Waals surface area contributed by atoms with Crippen LogP contribution in [-0.2, 0) is 9.53 Å². The molecule has 0 amide bonds. The fourth-order valence-corrected chi connectivity index (χ4v) is 0.870. The van der Waals surface area contributed by atoms with Gasteiger partial charge in [-0.25, -0.2) is 4.79 Å². The van der Waals surface area contributed by atoms with Crippen LogP contribution in [0, 0.1) is 10.1 Å². The second-order valence-electron chi connectivity index (χ2n) is 2.89. The summed E-state index contributed by atoms with van der Waals surface area (Å²) in [5.41, 5.74) is -0.292. The van der Waals surface area contributed by atoms with Crippen molar-refractivity contribution in [2.45, 2.75) is 6.92 Å². The Morgan fingerprint density at radius 2 is 2.11 bits per heavy atom. The smallest absolute Gasteiger partial charge is 0.335 e. The number of benzene rings is 1. The molecular formula is C11H11NO6. The van der Waals surface area contributed by atoms with Crippen LogP contribution in [0.25, 0.3) is 0 Å². The van der Waals surface area contributed by atoms with Crippen LogP contribution in [0.3, 0.4) is 0 Å². The fraction of sp³-hybridized carbons (Fsp3) is 0.0909. The van der Waals surface area contributed by atoms with E-state index in [9.17, 15) is 19.7 Å². The van der Waals surface area contributed by atoms with Gasteiger partial charge >= 0.3 is 11.9 Å². The van der Waals surface area contributed by atoms with E-state index in [1.54, 1.807) is 0 Å². The molecule has 0 saturated heterocycles. The molecule has 1 rings (SSSR count). The first-order valence-electron chi connectivity index (χ1n) is 4.64. The number of nitrogens with zero attached hydrogens (tertiary/aromatic N) is 1. The molecule has 1 aromatic rings. The van der Waals surface area contributed by atoms with Gasteiger partial charge in [0.15, 0.2) is 0 Å². The molecule has 0 aliphatic heterocycles. The summed E-state index contributed by atoms with van der Waals surface area (Å²) in [6, 6.07) is 4.89. The lowest BCUT2D eigenvalue weighted by atomic mass is 10.2. The van der Waals surface area contributed by atoms with E-state index in [0.29, 0.717) is 0 Å². The quantitative estimate of drug-likeness (QED) is 0.382. The lowest BCUT2D eigenvalue weighted by molar-refractivity contribution is -0.384. The van der Waals surface area contributed by atoms with Crippen molar-refractivity contribution >= 4 is 17.6 Å². The zero-order chi connectivity index (χ0) is 14.1. The van der Waals surface area contributed by atoms with Gasteiger partial charge in [0.05, 0.1) is 16.7 Å². The standard InChI is InChI=1S/C7H5NO4.C4H6O2/c9-7(10)5-2-1-3-6(4-5)8(11)12;1-3-6-4(2)5/h1-4H,(H,9,10);3H,1H2,2H3. The average molecular weight is 253 g/mol. The summed E-state index contributed by atoms with van der Waals surface area (Å²) in [5, 5.41) is 18.7. The molecule has 0 fully saturated rings. The third kappa shape index (κ3) is 6.01. The molecular weight excluding hydrogens is 242 g/mol. The van der Waals surface area contributed by atoms with Gasteiger partial charge in [0.2, 0.25) is 0 Å². The minimum absolute atomic E-state index is 0.0794. The molecule has 1 N–H and O–H groups in total. The van der Waals surface area contributed by atoms with Crippen molar-refractivity contribution in [1.82, 2.24) is 0 Å². The Bertz CT molecular complexity index is 439. The maximum absolute atomic E-state index is 10.4. The molecule has 0 aromatic heterocycles. The summed E-state index contributed by atoms with van der Waals surface area (Å²) in [4.78, 5) is 29.7. The Kier molecular flexibility index (Phi) is 6.42. The van der Waals surface area contributed by atoms with Gasteiger partial charge in [-0.1, -0.05) is 12.6 Å². The Hall–Kier alpha value is -2.70. The van der Waals surface area contributed by atoms with E-state index in [1.807, 2.05) is 0 Å². The molecule has 1 aromatic carbocycles. The molecule has 0 bridgehead atoms. The normalized spacial score (nSPS) is 8.50. The largest absolute Gasteiger partial charge is 0.478 e. The number of hydrogen-bond donors (Lipinski definition) is 1. The number of nitro groups is 1. The number of ether oxygens (including phenoxy) is 1. The predicted octanol–water partition coefficient (Wildman–Crippen LogP) is 1.99. The lowest BCUT2D eigenvalue weighted by Gasteiger charge is -1.92. The SMILES string of the molecule is C=COC(C)=O.O=C(O)c1cccc([N+](=O)[O-])c1. The average Bonchev–Trinajstić information content (AvgIpc) is 2.29. The molecule has 7 nitrogen and oxygen atoms in total. The van der Waals surface area contributed by atoms with Gasteiger partial charge in [-0.3, -0.25) is 14.9 Å². The molecule has 0 spiro atoms. The van der Waals surface area contributed by atoms with Crippen LogP contribution in [0.2, 0.25) is 0 Å². The maximum Gasteiger partial charge on any atom is 0.335 e. The summed E-state index contributed by atoms with van der Waals surface area (Å²) < 4.78 is 4.17. The number of non-ortho nitro benzene ring substituents is 1. The number of carbonyl (C=O) groups is 2. The molecule has 0 atom stereocenters. The first-order chi connectivity index (χ1) is 8.38. The molecule has 0 heterocycles. The second-order valence-corrected chi connectivity index (χ2v) is 2.89. The van der Waals surface area contributed by atoms with Crippen LogP contribution in [0.1, 0.15) is 17.3 Å². The van der Waals surface area contributed by atoms with E-state index < -0.39 is 10.9 Å². The number of carboxylic acid groups (broad SMARTS) is 1. The van der Waals surface area contributed by atoms with Crippen LogP contribution in [0.4, 0.5) is 5.69 Å². The molecule has 18 heavy (non-hydrogen) atoms. The van der Waals surface area contributed by atoms with Crippen LogP contribution in [-0.4, -0.2) is 22.0 Å². The van der Waals surface area contributed by atoms with Crippen LogP contribution >= 0.6 is 0 Å². The number of rotatable bonds is 3. The van der Waals surface area contributed by atoms with E-state index in [1.165, 1.54) is 25.1 Å². The van der Waals surface area contributed by atoms with Crippen molar-refractivity contribution in [1.29, 1.82) is 0 Å². The summed E-state index contributed by atoms with van der Waals surface area (Å²) in [6.45, 7) is 4.48. The summed E-state index contributed by atoms with van der Waals surface area (Å²) >= 11 is 0. The van der Waals surface area contributed by atoms with Crippen molar-refractivity contribution in [3.63, 3.8) is 0 Å². The van der Waals surface area contributed by atoms with Gasteiger partial charge in [0.1, 0.15) is 0 Å². The lowest BCUT2D eigenvalue weighted by Crippen LogP contribution is -1.97. The second kappa shape index (κ2) is 7.55. The minimum atomic E-state index is -1.17. The number of hydrogen-bond acceptors (Lipinski definition) is 5. The molecule has 0 saturated carbocycles. The van der Waals surface area contributed by atoms with Crippen LogP contribution < -0.4 is 0 Å². The van der Waals surface area contributed by atoms with E-state index >= 15 is 0 Å². The van der Waals surface area contributed by atoms with Gasteiger partial charge in [0, 0.05) is 19.1 Å². The number of nitro benzene ring substituents is 1. The first-order valence-corrected chi connectivity index (χ1v) is 4.64. The maximum atomic E-state index is 10.4. The molecule has 96 valence electrons. The first kappa shape index (κ1) is 15.3. The van der Waals surface area contributed by atoms with E-state index in [-0.39, 0.29) is 17.2 Å². The topological polar surface area (TPSA) is 107 Å². The number of aromatic carboxylic acids is 1. The Morgan fingerprint density at radius 3 is 2.44 bits per heavy atom. The van der Waals surface area contributed by atoms with Gasteiger partial charge in [-0.15, -0.1) is 0 Å². The van der Waals surface area contributed by atoms with E-state index in [4.69, 9.17) is 5.11 Å². The minimum Gasteiger partial charge on any atom is -0.478 e.